The van der Waals surface area contributed by atoms with Gasteiger partial charge >= 0.3 is 0 Å². The third-order valence-corrected chi connectivity index (χ3v) is 2.75. The van der Waals surface area contributed by atoms with Crippen LogP contribution < -0.4 is 5.32 Å². The van der Waals surface area contributed by atoms with Gasteiger partial charge in [-0.05, 0) is 24.6 Å². The Morgan fingerprint density at radius 2 is 2.31 bits per heavy atom. The number of carbonyl (C=O) groups excluding carboxylic acids is 1. The summed E-state index contributed by atoms with van der Waals surface area (Å²) in [5, 5.41) is 2.92. The Balaban J connectivity index is 2.52. The van der Waals surface area contributed by atoms with Gasteiger partial charge in [-0.15, -0.1) is 0 Å². The molecule has 1 atom stereocenters. The monoisotopic (exact) mass is 285 g/mol. The number of hydrogen-bond acceptors (Lipinski definition) is 2. The highest BCUT2D eigenvalue weighted by molar-refractivity contribution is 9.10. The zero-order chi connectivity index (χ0) is 12.0. The van der Waals surface area contributed by atoms with Crippen molar-refractivity contribution >= 4 is 21.8 Å². The number of nitrogens with one attached hydrogen (secondary N) is 1. The highest BCUT2D eigenvalue weighted by Gasteiger charge is 2.09. The molecule has 16 heavy (non-hydrogen) atoms. The average Bonchev–Trinajstić information content (AvgIpc) is 2.26. The summed E-state index contributed by atoms with van der Waals surface area (Å²) in [6.07, 6.45) is 0.398. The number of benzene rings is 1. The maximum absolute atomic E-state index is 11.5. The van der Waals surface area contributed by atoms with Crippen LogP contribution in [0.3, 0.4) is 0 Å². The maximum atomic E-state index is 11.5. The SMILES string of the molecule is COCCC(=O)NC(C)c1cccc(Br)c1. The Morgan fingerprint density at radius 1 is 1.56 bits per heavy atom. The topological polar surface area (TPSA) is 38.3 Å². The van der Waals surface area contributed by atoms with Gasteiger partial charge in [0.05, 0.1) is 12.6 Å². The molecule has 1 rings (SSSR count). The van der Waals surface area contributed by atoms with Gasteiger partial charge in [-0.25, -0.2) is 0 Å². The summed E-state index contributed by atoms with van der Waals surface area (Å²) in [7, 11) is 1.59. The zero-order valence-corrected chi connectivity index (χ0v) is 11.1. The predicted molar refractivity (Wildman–Crippen MR) is 67.2 cm³/mol. The minimum Gasteiger partial charge on any atom is -0.384 e. The number of carbonyl (C=O) groups is 1. The minimum absolute atomic E-state index is 0.00863. The normalized spacial score (nSPS) is 12.2. The van der Waals surface area contributed by atoms with Crippen LogP contribution in [0.1, 0.15) is 24.9 Å². The summed E-state index contributed by atoms with van der Waals surface area (Å²) in [6.45, 7) is 2.42. The van der Waals surface area contributed by atoms with Crippen molar-refractivity contribution in [3.63, 3.8) is 0 Å². The smallest absolute Gasteiger partial charge is 0.222 e. The lowest BCUT2D eigenvalue weighted by Gasteiger charge is -2.14. The molecule has 1 amide bonds. The molecule has 0 heterocycles. The van der Waals surface area contributed by atoms with Gasteiger partial charge in [0.1, 0.15) is 0 Å². The van der Waals surface area contributed by atoms with E-state index in [4.69, 9.17) is 4.74 Å². The molecule has 1 N–H and O–H groups in total. The van der Waals surface area contributed by atoms with E-state index in [-0.39, 0.29) is 11.9 Å². The predicted octanol–water partition coefficient (Wildman–Crippen LogP) is 2.66. The molecule has 0 saturated heterocycles. The third kappa shape index (κ3) is 4.33. The van der Waals surface area contributed by atoms with Crippen LogP contribution in [0.2, 0.25) is 0 Å². The van der Waals surface area contributed by atoms with Crippen LogP contribution in [-0.2, 0) is 9.53 Å². The van der Waals surface area contributed by atoms with Crippen molar-refractivity contribution in [2.75, 3.05) is 13.7 Å². The first-order valence-corrected chi connectivity index (χ1v) is 5.96. The van der Waals surface area contributed by atoms with Gasteiger partial charge in [-0.1, -0.05) is 28.1 Å². The van der Waals surface area contributed by atoms with Gasteiger partial charge in [-0.3, -0.25) is 4.79 Å². The highest BCUT2D eigenvalue weighted by atomic mass is 79.9. The van der Waals surface area contributed by atoms with E-state index in [0.717, 1.165) is 10.0 Å². The van der Waals surface area contributed by atoms with E-state index < -0.39 is 0 Å². The Bertz CT molecular complexity index is 355. The number of methoxy groups -OCH3 is 1. The fourth-order valence-electron chi connectivity index (χ4n) is 1.37. The van der Waals surface area contributed by atoms with Crippen molar-refractivity contribution < 1.29 is 9.53 Å². The molecule has 3 nitrogen and oxygen atoms in total. The Hall–Kier alpha value is -0.870. The summed E-state index contributed by atoms with van der Waals surface area (Å²) >= 11 is 3.41. The lowest BCUT2D eigenvalue weighted by molar-refractivity contribution is -0.122. The molecule has 0 bridgehead atoms. The number of halogens is 1. The first kappa shape index (κ1) is 13.2. The van der Waals surface area contributed by atoms with Crippen molar-refractivity contribution in [3.05, 3.63) is 34.3 Å². The van der Waals surface area contributed by atoms with Gasteiger partial charge in [0.2, 0.25) is 5.91 Å². The largest absolute Gasteiger partial charge is 0.384 e. The van der Waals surface area contributed by atoms with Gasteiger partial charge in [0, 0.05) is 18.0 Å². The van der Waals surface area contributed by atoms with Gasteiger partial charge in [0.15, 0.2) is 0 Å². The second kappa shape index (κ2) is 6.66. The van der Waals surface area contributed by atoms with E-state index >= 15 is 0 Å². The molecule has 0 aliphatic heterocycles. The molecule has 1 aromatic carbocycles. The molecule has 0 aromatic heterocycles. The number of amides is 1. The van der Waals surface area contributed by atoms with Crippen LogP contribution in [-0.4, -0.2) is 19.6 Å². The zero-order valence-electron chi connectivity index (χ0n) is 9.50. The number of ether oxygens (including phenoxy) is 1. The summed E-state index contributed by atoms with van der Waals surface area (Å²) in [5.41, 5.74) is 1.08. The molecule has 1 unspecified atom stereocenters. The van der Waals surface area contributed by atoms with Crippen LogP contribution in [0.15, 0.2) is 28.7 Å². The summed E-state index contributed by atoms with van der Waals surface area (Å²) in [5.74, 6) is 0.00863. The fourth-order valence-corrected chi connectivity index (χ4v) is 1.78. The summed E-state index contributed by atoms with van der Waals surface area (Å²) in [6, 6.07) is 7.93. The quantitative estimate of drug-likeness (QED) is 0.903. The van der Waals surface area contributed by atoms with E-state index in [9.17, 15) is 4.79 Å². The van der Waals surface area contributed by atoms with Gasteiger partial charge in [0.25, 0.3) is 0 Å². The first-order valence-electron chi connectivity index (χ1n) is 5.17. The molecule has 88 valence electrons. The molecule has 1 aromatic rings. The van der Waals surface area contributed by atoms with E-state index in [0.29, 0.717) is 13.0 Å². The van der Waals surface area contributed by atoms with Crippen LogP contribution in [0.4, 0.5) is 0 Å². The second-order valence-electron chi connectivity index (χ2n) is 3.59. The molecular formula is C12H16BrNO2. The fraction of sp³-hybridized carbons (Fsp3) is 0.417. The van der Waals surface area contributed by atoms with Crippen molar-refractivity contribution in [2.24, 2.45) is 0 Å². The highest BCUT2D eigenvalue weighted by Crippen LogP contribution is 2.17. The van der Waals surface area contributed by atoms with Crippen LogP contribution in [0.5, 0.6) is 0 Å². The lowest BCUT2D eigenvalue weighted by atomic mass is 10.1. The van der Waals surface area contributed by atoms with Crippen LogP contribution in [0.25, 0.3) is 0 Å². The third-order valence-electron chi connectivity index (χ3n) is 2.26. The van der Waals surface area contributed by atoms with Crippen molar-refractivity contribution in [1.29, 1.82) is 0 Å². The Labute approximate surface area is 104 Å². The maximum Gasteiger partial charge on any atom is 0.222 e. The van der Waals surface area contributed by atoms with E-state index in [1.165, 1.54) is 0 Å². The lowest BCUT2D eigenvalue weighted by Crippen LogP contribution is -2.27. The summed E-state index contributed by atoms with van der Waals surface area (Å²) in [4.78, 5) is 11.5. The standard InChI is InChI=1S/C12H16BrNO2/c1-9(14-12(15)6-7-16-2)10-4-3-5-11(13)8-10/h3-5,8-9H,6-7H2,1-2H3,(H,14,15). The molecule has 0 saturated carbocycles. The molecule has 0 fully saturated rings. The molecule has 4 heteroatoms. The second-order valence-corrected chi connectivity index (χ2v) is 4.50. The van der Waals surface area contributed by atoms with Crippen LogP contribution >= 0.6 is 15.9 Å². The molecule has 0 spiro atoms. The number of rotatable bonds is 5. The molecule has 0 aliphatic rings. The van der Waals surface area contributed by atoms with Crippen molar-refractivity contribution in [1.82, 2.24) is 5.32 Å². The van der Waals surface area contributed by atoms with E-state index in [1.807, 2.05) is 31.2 Å². The van der Waals surface area contributed by atoms with Gasteiger partial charge in [-0.2, -0.15) is 0 Å². The minimum atomic E-state index is 0.00863. The molecular weight excluding hydrogens is 270 g/mol. The average molecular weight is 286 g/mol. The van der Waals surface area contributed by atoms with Crippen molar-refractivity contribution in [3.8, 4) is 0 Å². The number of hydrogen-bond donors (Lipinski definition) is 1. The van der Waals surface area contributed by atoms with E-state index in [2.05, 4.69) is 21.2 Å². The van der Waals surface area contributed by atoms with Gasteiger partial charge < -0.3 is 10.1 Å². The summed E-state index contributed by atoms with van der Waals surface area (Å²) < 4.78 is 5.87. The van der Waals surface area contributed by atoms with E-state index in [1.54, 1.807) is 7.11 Å². The Kier molecular flexibility index (Phi) is 5.49. The molecule has 0 radical (unpaired) electrons. The Morgan fingerprint density at radius 3 is 2.94 bits per heavy atom. The van der Waals surface area contributed by atoms with Crippen LogP contribution in [0, 0.1) is 0 Å². The first-order chi connectivity index (χ1) is 7.63. The van der Waals surface area contributed by atoms with Crippen molar-refractivity contribution in [2.45, 2.75) is 19.4 Å². The molecule has 0 aliphatic carbocycles.